The molecule has 0 atom stereocenters. The molecule has 3 amide bonds. The summed E-state index contributed by atoms with van der Waals surface area (Å²) in [6.45, 7) is 7.66. The summed E-state index contributed by atoms with van der Waals surface area (Å²) in [5, 5.41) is 5.06. The van der Waals surface area contributed by atoms with E-state index in [1.807, 2.05) is 11.0 Å². The molecule has 0 aromatic heterocycles. The van der Waals surface area contributed by atoms with Gasteiger partial charge in [0.05, 0.1) is 11.3 Å². The van der Waals surface area contributed by atoms with Crippen LogP contribution in [0.15, 0.2) is 36.4 Å². The fraction of sp³-hybridized carbons (Fsp3) is 0.462. The Morgan fingerprint density at radius 3 is 2.15 bits per heavy atom. The first-order valence-corrected chi connectivity index (χ1v) is 12.0. The molecule has 2 saturated heterocycles. The Hall–Kier alpha value is -3.16. The van der Waals surface area contributed by atoms with Gasteiger partial charge in [0.2, 0.25) is 0 Å². The highest BCUT2D eigenvalue weighted by Crippen LogP contribution is 2.31. The summed E-state index contributed by atoms with van der Waals surface area (Å²) >= 11 is 0. The Morgan fingerprint density at radius 1 is 0.853 bits per heavy atom. The van der Waals surface area contributed by atoms with Gasteiger partial charge in [0.15, 0.2) is 0 Å². The number of piperidine rings is 2. The van der Waals surface area contributed by atoms with E-state index in [1.54, 1.807) is 12.1 Å². The van der Waals surface area contributed by atoms with Crippen molar-refractivity contribution in [1.82, 2.24) is 4.90 Å². The number of nitrogens with zero attached hydrogens (tertiary/aromatic N) is 2. The maximum absolute atomic E-state index is 13.9. The lowest BCUT2D eigenvalue weighted by Crippen LogP contribution is -2.40. The highest BCUT2D eigenvalue weighted by molar-refractivity contribution is 6.04. The minimum Gasteiger partial charge on any atom is -0.371 e. The number of urea groups is 1. The van der Waals surface area contributed by atoms with Crippen molar-refractivity contribution in [3.63, 3.8) is 0 Å². The number of hydrogen-bond acceptors (Lipinski definition) is 3. The summed E-state index contributed by atoms with van der Waals surface area (Å²) in [5.74, 6) is -0.346. The monoisotopic (exact) mass is 470 g/mol. The van der Waals surface area contributed by atoms with Crippen LogP contribution in [0.4, 0.5) is 30.6 Å². The number of hydrogen-bond donors (Lipinski definition) is 2. The number of rotatable bonds is 4. The molecule has 0 aliphatic carbocycles. The fourth-order valence-corrected chi connectivity index (χ4v) is 4.57. The number of benzene rings is 2. The first-order chi connectivity index (χ1) is 16.3. The lowest BCUT2D eigenvalue weighted by molar-refractivity contribution is 0.0697. The normalized spacial score (nSPS) is 17.5. The van der Waals surface area contributed by atoms with Crippen LogP contribution in [0, 0.1) is 23.5 Å². The lowest BCUT2D eigenvalue weighted by atomic mass is 9.96. The molecule has 8 heteroatoms. The number of carbonyl (C=O) groups is 2. The molecular weight excluding hydrogens is 438 g/mol. The Labute approximate surface area is 199 Å². The van der Waals surface area contributed by atoms with Gasteiger partial charge in [0.25, 0.3) is 5.91 Å². The number of halogens is 2. The second-order valence-electron chi connectivity index (χ2n) is 9.58. The average Bonchev–Trinajstić information content (AvgIpc) is 2.81. The molecule has 4 rings (SSSR count). The van der Waals surface area contributed by atoms with Gasteiger partial charge < -0.3 is 20.4 Å². The molecule has 2 aliphatic heterocycles. The van der Waals surface area contributed by atoms with Crippen LogP contribution in [0.5, 0.6) is 0 Å². The van der Waals surface area contributed by atoms with Gasteiger partial charge in [0.1, 0.15) is 11.6 Å². The summed E-state index contributed by atoms with van der Waals surface area (Å²) in [4.78, 5) is 30.1. The van der Waals surface area contributed by atoms with Gasteiger partial charge in [0, 0.05) is 43.6 Å². The summed E-state index contributed by atoms with van der Waals surface area (Å²) < 4.78 is 27.0. The Balaban J connectivity index is 1.55. The molecule has 182 valence electrons. The zero-order valence-electron chi connectivity index (χ0n) is 19.7. The SMILES string of the molecule is CC1CCN(C(=O)c2cc(NC(=O)Nc3ccc(F)cc3F)ccc2N2CCC(C)CC2)CC1. The summed E-state index contributed by atoms with van der Waals surface area (Å²) in [6, 6.07) is 7.61. The van der Waals surface area contributed by atoms with E-state index in [-0.39, 0.29) is 11.6 Å². The van der Waals surface area contributed by atoms with Crippen LogP contribution in [0.2, 0.25) is 0 Å². The van der Waals surface area contributed by atoms with Crippen molar-refractivity contribution in [3.05, 3.63) is 53.6 Å². The van der Waals surface area contributed by atoms with E-state index in [1.165, 1.54) is 0 Å². The second-order valence-corrected chi connectivity index (χ2v) is 9.58. The minimum atomic E-state index is -0.861. The number of likely N-dealkylation sites (tertiary alicyclic amines) is 1. The average molecular weight is 471 g/mol. The quantitative estimate of drug-likeness (QED) is 0.601. The number of nitrogens with one attached hydrogen (secondary N) is 2. The molecule has 0 unspecified atom stereocenters. The Morgan fingerprint density at radius 2 is 1.50 bits per heavy atom. The molecule has 34 heavy (non-hydrogen) atoms. The predicted molar refractivity (Wildman–Crippen MR) is 130 cm³/mol. The molecule has 2 aliphatic rings. The van der Waals surface area contributed by atoms with E-state index in [2.05, 4.69) is 29.4 Å². The van der Waals surface area contributed by atoms with Gasteiger partial charge in [-0.05, 0) is 67.9 Å². The third kappa shape index (κ3) is 5.66. The maximum Gasteiger partial charge on any atom is 0.323 e. The first kappa shape index (κ1) is 24.0. The summed E-state index contributed by atoms with van der Waals surface area (Å²) in [5.41, 5.74) is 1.75. The summed E-state index contributed by atoms with van der Waals surface area (Å²) in [7, 11) is 0. The van der Waals surface area contributed by atoms with Crippen molar-refractivity contribution in [2.45, 2.75) is 39.5 Å². The molecule has 2 aromatic carbocycles. The van der Waals surface area contributed by atoms with Crippen LogP contribution in [0.25, 0.3) is 0 Å². The smallest absolute Gasteiger partial charge is 0.323 e. The zero-order chi connectivity index (χ0) is 24.2. The Kier molecular flexibility index (Phi) is 7.34. The molecular formula is C26H32F2N4O2. The second kappa shape index (κ2) is 10.4. The van der Waals surface area contributed by atoms with Crippen molar-refractivity contribution in [1.29, 1.82) is 0 Å². The minimum absolute atomic E-state index is 0.0332. The zero-order valence-corrected chi connectivity index (χ0v) is 19.7. The van der Waals surface area contributed by atoms with Crippen LogP contribution in [-0.4, -0.2) is 43.0 Å². The van der Waals surface area contributed by atoms with Crippen molar-refractivity contribution in [2.75, 3.05) is 41.7 Å². The van der Waals surface area contributed by atoms with E-state index in [9.17, 15) is 18.4 Å². The number of amides is 3. The first-order valence-electron chi connectivity index (χ1n) is 12.0. The third-order valence-electron chi connectivity index (χ3n) is 6.86. The molecule has 2 heterocycles. The van der Waals surface area contributed by atoms with Crippen LogP contribution >= 0.6 is 0 Å². The molecule has 2 aromatic rings. The highest BCUT2D eigenvalue weighted by Gasteiger charge is 2.27. The standard InChI is InChI=1S/C26H32F2N4O2/c1-17-7-11-31(12-8-17)24-6-4-20(16-21(24)25(33)32-13-9-18(2)10-14-32)29-26(34)30-23-5-3-19(27)15-22(23)28/h3-6,15-18H,7-14H2,1-2H3,(H2,29,30,34). The molecule has 6 nitrogen and oxygen atoms in total. The van der Waals surface area contributed by atoms with Gasteiger partial charge in [-0.15, -0.1) is 0 Å². The van der Waals surface area contributed by atoms with Crippen molar-refractivity contribution in [2.24, 2.45) is 11.8 Å². The number of carbonyl (C=O) groups excluding carboxylic acids is 2. The maximum atomic E-state index is 13.9. The summed E-state index contributed by atoms with van der Waals surface area (Å²) in [6.07, 6.45) is 4.10. The Bertz CT molecular complexity index is 1050. The van der Waals surface area contributed by atoms with Gasteiger partial charge in [-0.25, -0.2) is 13.6 Å². The largest absolute Gasteiger partial charge is 0.371 e. The molecule has 0 spiro atoms. The van der Waals surface area contributed by atoms with E-state index in [0.29, 0.717) is 29.2 Å². The lowest BCUT2D eigenvalue weighted by Gasteiger charge is -2.35. The van der Waals surface area contributed by atoms with Crippen molar-refractivity contribution < 1.29 is 18.4 Å². The van der Waals surface area contributed by atoms with Crippen molar-refractivity contribution >= 4 is 29.0 Å². The van der Waals surface area contributed by atoms with Crippen LogP contribution in [0.3, 0.4) is 0 Å². The van der Waals surface area contributed by atoms with E-state index >= 15 is 0 Å². The van der Waals surface area contributed by atoms with Crippen LogP contribution < -0.4 is 15.5 Å². The van der Waals surface area contributed by atoms with E-state index < -0.39 is 17.7 Å². The third-order valence-corrected chi connectivity index (χ3v) is 6.86. The van der Waals surface area contributed by atoms with E-state index in [4.69, 9.17) is 0 Å². The van der Waals surface area contributed by atoms with Crippen LogP contribution in [-0.2, 0) is 0 Å². The molecule has 0 bridgehead atoms. The van der Waals surface area contributed by atoms with Gasteiger partial charge in [-0.1, -0.05) is 13.8 Å². The molecule has 0 saturated carbocycles. The molecule has 2 N–H and O–H groups in total. The molecule has 2 fully saturated rings. The number of anilines is 3. The van der Waals surface area contributed by atoms with Gasteiger partial charge in [-0.3, -0.25) is 4.79 Å². The van der Waals surface area contributed by atoms with Crippen molar-refractivity contribution in [3.8, 4) is 0 Å². The molecule has 0 radical (unpaired) electrons. The van der Waals surface area contributed by atoms with Crippen LogP contribution in [0.1, 0.15) is 49.9 Å². The van der Waals surface area contributed by atoms with Gasteiger partial charge >= 0.3 is 6.03 Å². The fourth-order valence-electron chi connectivity index (χ4n) is 4.57. The topological polar surface area (TPSA) is 64.7 Å². The highest BCUT2D eigenvalue weighted by atomic mass is 19.1. The van der Waals surface area contributed by atoms with E-state index in [0.717, 1.165) is 69.7 Å². The van der Waals surface area contributed by atoms with Gasteiger partial charge in [-0.2, -0.15) is 0 Å². The predicted octanol–water partition coefficient (Wildman–Crippen LogP) is 5.72.